The fourth-order valence-corrected chi connectivity index (χ4v) is 3.73. The lowest BCUT2D eigenvalue weighted by Crippen LogP contribution is -2.47. The van der Waals surface area contributed by atoms with Gasteiger partial charge in [-0.15, -0.1) is 0 Å². The molecule has 0 aromatic carbocycles. The highest BCUT2D eigenvalue weighted by Crippen LogP contribution is 2.20. The SMILES string of the molecule is CCCCC(CN)NC(=O)C1CCN(S(=O)(=O)CC)CC1. The van der Waals surface area contributed by atoms with Crippen molar-refractivity contribution in [2.24, 2.45) is 11.7 Å². The predicted octanol–water partition coefficient (Wildman–Crippen LogP) is 0.682. The number of piperidine rings is 1. The van der Waals surface area contributed by atoms with Crippen LogP contribution >= 0.6 is 0 Å². The number of amides is 1. The number of nitrogens with zero attached hydrogens (tertiary/aromatic N) is 1. The molecule has 1 fully saturated rings. The summed E-state index contributed by atoms with van der Waals surface area (Å²) in [5.41, 5.74) is 5.69. The molecule has 1 rings (SSSR count). The minimum atomic E-state index is -3.13. The summed E-state index contributed by atoms with van der Waals surface area (Å²) in [6.45, 7) is 5.09. The van der Waals surface area contributed by atoms with Gasteiger partial charge in [0.15, 0.2) is 0 Å². The summed E-state index contributed by atoms with van der Waals surface area (Å²) in [4.78, 5) is 12.2. The van der Waals surface area contributed by atoms with Crippen LogP contribution in [0.2, 0.25) is 0 Å². The van der Waals surface area contributed by atoms with E-state index in [0.717, 1.165) is 19.3 Å². The smallest absolute Gasteiger partial charge is 0.223 e. The van der Waals surface area contributed by atoms with Crippen LogP contribution in [0.1, 0.15) is 46.0 Å². The van der Waals surface area contributed by atoms with Crippen LogP contribution in [0.15, 0.2) is 0 Å². The lowest BCUT2D eigenvalue weighted by Gasteiger charge is -2.31. The summed E-state index contributed by atoms with van der Waals surface area (Å²) in [5, 5.41) is 3.01. The summed E-state index contributed by atoms with van der Waals surface area (Å²) in [5.74, 6) is 0.0509. The number of carbonyl (C=O) groups is 1. The second kappa shape index (κ2) is 8.70. The van der Waals surface area contributed by atoms with E-state index in [1.54, 1.807) is 6.92 Å². The van der Waals surface area contributed by atoms with Crippen molar-refractivity contribution in [3.8, 4) is 0 Å². The number of sulfonamides is 1. The van der Waals surface area contributed by atoms with Crippen molar-refractivity contribution >= 4 is 15.9 Å². The highest BCUT2D eigenvalue weighted by atomic mass is 32.2. The first kappa shape index (κ1) is 18.4. The van der Waals surface area contributed by atoms with Gasteiger partial charge in [-0.25, -0.2) is 12.7 Å². The fraction of sp³-hybridized carbons (Fsp3) is 0.929. The van der Waals surface area contributed by atoms with Crippen molar-refractivity contribution in [1.82, 2.24) is 9.62 Å². The van der Waals surface area contributed by atoms with E-state index in [4.69, 9.17) is 5.73 Å². The standard InChI is InChI=1S/C14H29N3O3S/c1-3-5-6-13(11-15)16-14(18)12-7-9-17(10-8-12)21(19,20)4-2/h12-13H,3-11,15H2,1-2H3,(H,16,18). The number of nitrogens with one attached hydrogen (secondary N) is 1. The normalized spacial score (nSPS) is 19.4. The molecule has 1 heterocycles. The van der Waals surface area contributed by atoms with Gasteiger partial charge in [0.25, 0.3) is 0 Å². The van der Waals surface area contributed by atoms with E-state index < -0.39 is 10.0 Å². The molecule has 0 aliphatic carbocycles. The molecule has 0 radical (unpaired) electrons. The first-order chi connectivity index (χ1) is 9.94. The van der Waals surface area contributed by atoms with Crippen molar-refractivity contribution < 1.29 is 13.2 Å². The largest absolute Gasteiger partial charge is 0.352 e. The van der Waals surface area contributed by atoms with Gasteiger partial charge >= 0.3 is 0 Å². The quantitative estimate of drug-likeness (QED) is 0.688. The minimum absolute atomic E-state index is 0.0232. The number of nitrogens with two attached hydrogens (primary N) is 1. The van der Waals surface area contributed by atoms with Crippen LogP contribution < -0.4 is 11.1 Å². The van der Waals surface area contributed by atoms with Crippen molar-refractivity contribution in [3.63, 3.8) is 0 Å². The summed E-state index contributed by atoms with van der Waals surface area (Å²) in [6.07, 6.45) is 4.23. The zero-order valence-electron chi connectivity index (χ0n) is 13.2. The first-order valence-electron chi connectivity index (χ1n) is 7.92. The van der Waals surface area contributed by atoms with E-state index in [0.29, 0.717) is 32.5 Å². The van der Waals surface area contributed by atoms with Crippen molar-refractivity contribution in [2.75, 3.05) is 25.4 Å². The van der Waals surface area contributed by atoms with E-state index in [9.17, 15) is 13.2 Å². The van der Waals surface area contributed by atoms with E-state index in [1.165, 1.54) is 4.31 Å². The Labute approximate surface area is 128 Å². The lowest BCUT2D eigenvalue weighted by molar-refractivity contribution is -0.126. The van der Waals surface area contributed by atoms with Crippen LogP contribution in [0.5, 0.6) is 0 Å². The Bertz CT molecular complexity index is 417. The Morgan fingerprint density at radius 2 is 1.95 bits per heavy atom. The number of unbranched alkanes of at least 4 members (excludes halogenated alkanes) is 1. The fourth-order valence-electron chi connectivity index (χ4n) is 2.60. The van der Waals surface area contributed by atoms with Crippen molar-refractivity contribution in [3.05, 3.63) is 0 Å². The Kier molecular flexibility index (Phi) is 7.62. The number of rotatable bonds is 8. The van der Waals surface area contributed by atoms with Crippen LogP contribution in [0.4, 0.5) is 0 Å². The number of hydrogen-bond donors (Lipinski definition) is 2. The molecule has 21 heavy (non-hydrogen) atoms. The maximum Gasteiger partial charge on any atom is 0.223 e. The molecular weight excluding hydrogens is 290 g/mol. The molecule has 0 spiro atoms. The van der Waals surface area contributed by atoms with Gasteiger partial charge in [0.05, 0.1) is 5.75 Å². The minimum Gasteiger partial charge on any atom is -0.352 e. The number of carbonyl (C=O) groups excluding carboxylic acids is 1. The predicted molar refractivity (Wildman–Crippen MR) is 84.3 cm³/mol. The van der Waals surface area contributed by atoms with Crippen LogP contribution in [0.25, 0.3) is 0 Å². The van der Waals surface area contributed by atoms with Crippen LogP contribution in [0, 0.1) is 5.92 Å². The molecule has 1 aliphatic heterocycles. The average Bonchev–Trinajstić information content (AvgIpc) is 2.51. The van der Waals surface area contributed by atoms with E-state index in [1.807, 2.05) is 0 Å². The third-order valence-corrected chi connectivity index (χ3v) is 6.00. The summed E-state index contributed by atoms with van der Waals surface area (Å²) >= 11 is 0. The maximum atomic E-state index is 12.2. The van der Waals surface area contributed by atoms with Gasteiger partial charge in [0, 0.05) is 31.6 Å². The topological polar surface area (TPSA) is 92.5 Å². The van der Waals surface area contributed by atoms with Crippen LogP contribution in [-0.2, 0) is 14.8 Å². The molecule has 7 heteroatoms. The summed E-state index contributed by atoms with van der Waals surface area (Å²) in [6, 6.07) is 0.0369. The zero-order valence-corrected chi connectivity index (χ0v) is 14.0. The maximum absolute atomic E-state index is 12.2. The molecular formula is C14H29N3O3S. The van der Waals surface area contributed by atoms with Gasteiger partial charge in [-0.1, -0.05) is 19.8 Å². The second-order valence-corrected chi connectivity index (χ2v) is 7.91. The summed E-state index contributed by atoms with van der Waals surface area (Å²) in [7, 11) is -3.13. The Balaban J connectivity index is 2.44. The molecule has 1 saturated heterocycles. The van der Waals surface area contributed by atoms with Gasteiger partial charge < -0.3 is 11.1 Å². The molecule has 1 aliphatic rings. The van der Waals surface area contributed by atoms with Crippen LogP contribution in [-0.4, -0.2) is 50.1 Å². The third-order valence-electron chi connectivity index (χ3n) is 4.12. The van der Waals surface area contributed by atoms with E-state index in [2.05, 4.69) is 12.2 Å². The van der Waals surface area contributed by atoms with Gasteiger partial charge in [-0.05, 0) is 26.2 Å². The molecule has 124 valence electrons. The molecule has 0 saturated carbocycles. The summed E-state index contributed by atoms with van der Waals surface area (Å²) < 4.78 is 25.1. The third kappa shape index (κ3) is 5.56. The van der Waals surface area contributed by atoms with Crippen LogP contribution in [0.3, 0.4) is 0 Å². The van der Waals surface area contributed by atoms with E-state index >= 15 is 0 Å². The van der Waals surface area contributed by atoms with Gasteiger partial charge in [0.2, 0.25) is 15.9 Å². The molecule has 0 aromatic rings. The Morgan fingerprint density at radius 1 is 1.33 bits per heavy atom. The average molecular weight is 319 g/mol. The highest BCUT2D eigenvalue weighted by Gasteiger charge is 2.30. The van der Waals surface area contributed by atoms with Gasteiger partial charge in [-0.2, -0.15) is 0 Å². The molecule has 0 bridgehead atoms. The van der Waals surface area contributed by atoms with Gasteiger partial charge in [-0.3, -0.25) is 4.79 Å². The monoisotopic (exact) mass is 319 g/mol. The van der Waals surface area contributed by atoms with E-state index in [-0.39, 0.29) is 23.6 Å². The first-order valence-corrected chi connectivity index (χ1v) is 9.53. The zero-order chi connectivity index (χ0) is 15.9. The molecule has 3 N–H and O–H groups in total. The molecule has 6 nitrogen and oxygen atoms in total. The molecule has 1 atom stereocenters. The Hall–Kier alpha value is -0.660. The van der Waals surface area contributed by atoms with Crippen molar-refractivity contribution in [2.45, 2.75) is 52.0 Å². The molecule has 0 aromatic heterocycles. The lowest BCUT2D eigenvalue weighted by atomic mass is 9.96. The van der Waals surface area contributed by atoms with Gasteiger partial charge in [0.1, 0.15) is 0 Å². The Morgan fingerprint density at radius 3 is 2.43 bits per heavy atom. The highest BCUT2D eigenvalue weighted by molar-refractivity contribution is 7.89. The van der Waals surface area contributed by atoms with Crippen molar-refractivity contribution in [1.29, 1.82) is 0 Å². The number of hydrogen-bond acceptors (Lipinski definition) is 4. The second-order valence-electron chi connectivity index (χ2n) is 5.66. The molecule has 1 amide bonds. The molecule has 1 unspecified atom stereocenters.